The van der Waals surface area contributed by atoms with Crippen molar-refractivity contribution >= 4 is 40.5 Å². The zero-order valence-electron chi connectivity index (χ0n) is 29.7. The average Bonchev–Trinajstić information content (AvgIpc) is 3.48. The Bertz CT molecular complexity index is 1430. The van der Waals surface area contributed by atoms with Crippen LogP contribution in [0, 0.1) is 17.7 Å². The Morgan fingerprint density at radius 3 is 2.40 bits per heavy atom. The average molecular weight is 675 g/mol. The van der Waals surface area contributed by atoms with E-state index in [0.29, 0.717) is 68.2 Å². The second-order valence-electron chi connectivity index (χ2n) is 13.9. The first-order chi connectivity index (χ1) is 23.3. The van der Waals surface area contributed by atoms with Crippen LogP contribution in [0.4, 0.5) is 14.9 Å². The number of hydrogen-bond acceptors (Lipinski definition) is 8. The summed E-state index contributed by atoms with van der Waals surface area (Å²) in [5, 5.41) is 9.09. The normalized spacial score (nSPS) is 21.0. The van der Waals surface area contributed by atoms with Crippen LogP contribution in [0.3, 0.4) is 0 Å². The molecule has 0 spiro atoms. The molecule has 0 aliphatic heterocycles. The monoisotopic (exact) mass is 674 g/mol. The van der Waals surface area contributed by atoms with Crippen LogP contribution < -0.4 is 16.0 Å². The number of esters is 1. The Hall–Kier alpha value is -3.67. The summed E-state index contributed by atoms with van der Waals surface area (Å²) in [6.07, 6.45) is 6.26. The van der Waals surface area contributed by atoms with E-state index in [2.05, 4.69) is 16.0 Å². The summed E-state index contributed by atoms with van der Waals surface area (Å²) in [6.45, 7) is 5.15. The Balaban J connectivity index is 1.39. The number of hydrogen-bond donors (Lipinski definition) is 3. The summed E-state index contributed by atoms with van der Waals surface area (Å²) in [6, 6.07) is 4.89. The fourth-order valence-corrected chi connectivity index (χ4v) is 6.46. The SMILES string of the molecule is [2H]C1(C[C@H](NC(=O)C2CCC([C@@H](CF)NC(=O)OC(C)(C)C)CC2)C(=O)Nc2ccc3oc(C(=O)OCCCOC)cc3c2)CCCCC1. The zero-order valence-corrected chi connectivity index (χ0v) is 28.7. The van der Waals surface area contributed by atoms with Gasteiger partial charge in [-0.1, -0.05) is 32.1 Å². The molecule has 0 saturated heterocycles. The van der Waals surface area contributed by atoms with Crippen LogP contribution in [0.15, 0.2) is 28.7 Å². The number of nitrogens with one attached hydrogen (secondary N) is 3. The maximum absolute atomic E-state index is 13.9. The summed E-state index contributed by atoms with van der Waals surface area (Å²) in [5.41, 5.74) is 0.204. The van der Waals surface area contributed by atoms with Crippen molar-refractivity contribution in [2.75, 3.05) is 32.3 Å². The minimum atomic E-state index is -0.939. The topological polar surface area (TPSA) is 145 Å². The number of furan rings is 1. The molecule has 0 radical (unpaired) electrons. The van der Waals surface area contributed by atoms with Gasteiger partial charge in [0, 0.05) is 38.5 Å². The molecule has 1 aromatic carbocycles. The molecule has 266 valence electrons. The molecule has 11 nitrogen and oxygen atoms in total. The Labute approximate surface area is 283 Å². The van der Waals surface area contributed by atoms with Gasteiger partial charge >= 0.3 is 12.1 Å². The van der Waals surface area contributed by atoms with E-state index in [1.54, 1.807) is 52.1 Å². The predicted octanol–water partition coefficient (Wildman–Crippen LogP) is 6.69. The predicted molar refractivity (Wildman–Crippen MR) is 179 cm³/mol. The summed E-state index contributed by atoms with van der Waals surface area (Å²) in [4.78, 5) is 52.0. The molecule has 2 aromatic rings. The molecule has 3 N–H and O–H groups in total. The number of rotatable bonds is 14. The highest BCUT2D eigenvalue weighted by molar-refractivity contribution is 5.99. The van der Waals surface area contributed by atoms with Gasteiger partial charge in [0.25, 0.3) is 0 Å². The van der Waals surface area contributed by atoms with E-state index < -0.39 is 48.2 Å². The highest BCUT2D eigenvalue weighted by Crippen LogP contribution is 2.33. The number of fused-ring (bicyclic) bond motifs is 1. The third-order valence-corrected chi connectivity index (χ3v) is 8.98. The lowest BCUT2D eigenvalue weighted by Crippen LogP contribution is -2.49. The van der Waals surface area contributed by atoms with E-state index in [1.807, 2.05) is 0 Å². The van der Waals surface area contributed by atoms with Crippen LogP contribution in [0.1, 0.15) is 103 Å². The van der Waals surface area contributed by atoms with E-state index in [1.165, 1.54) is 0 Å². The molecule has 1 heterocycles. The van der Waals surface area contributed by atoms with Crippen LogP contribution >= 0.6 is 0 Å². The molecule has 1 aromatic heterocycles. The molecule has 2 fully saturated rings. The highest BCUT2D eigenvalue weighted by Gasteiger charge is 2.34. The van der Waals surface area contributed by atoms with E-state index in [4.69, 9.17) is 20.0 Å². The number of anilines is 1. The van der Waals surface area contributed by atoms with Crippen molar-refractivity contribution in [2.24, 2.45) is 17.7 Å². The fraction of sp³-hybridized carbons (Fsp3) is 0.667. The first-order valence-electron chi connectivity index (χ1n) is 17.7. The van der Waals surface area contributed by atoms with Gasteiger partial charge < -0.3 is 34.6 Å². The largest absolute Gasteiger partial charge is 0.460 e. The zero-order chi connectivity index (χ0) is 35.6. The summed E-state index contributed by atoms with van der Waals surface area (Å²) < 4.78 is 44.1. The Morgan fingerprint density at radius 2 is 1.73 bits per heavy atom. The molecule has 2 aliphatic rings. The number of benzene rings is 1. The summed E-state index contributed by atoms with van der Waals surface area (Å²) >= 11 is 0. The number of carbonyl (C=O) groups excluding carboxylic acids is 4. The molecule has 48 heavy (non-hydrogen) atoms. The van der Waals surface area contributed by atoms with Gasteiger partial charge in [0.2, 0.25) is 17.6 Å². The standard InChI is InChI=1S/C36H52FN3O8/c1-36(2,3)48-35(44)40-29(22-37)24-11-13-25(14-12-24)32(41)39-28(19-23-9-6-5-7-10-23)33(42)38-27-15-16-30-26(20-27)21-31(47-30)34(43)46-18-8-17-45-4/h15-16,20-21,23-25,28-29H,5-14,17-19,22H2,1-4H3,(H,38,42)(H,39,41)(H,40,44)/t24?,25?,28-,29+/m0/s1/i23D. The molecular formula is C36H52FN3O8. The van der Waals surface area contributed by atoms with Crippen molar-refractivity contribution in [3.05, 3.63) is 30.0 Å². The van der Waals surface area contributed by atoms with E-state index in [9.17, 15) is 23.6 Å². The molecule has 2 atom stereocenters. The first-order valence-corrected chi connectivity index (χ1v) is 17.2. The molecule has 12 heteroatoms. The van der Waals surface area contributed by atoms with E-state index in [-0.39, 0.29) is 36.5 Å². The summed E-state index contributed by atoms with van der Waals surface area (Å²) in [5.74, 6) is -2.61. The maximum atomic E-state index is 13.9. The van der Waals surface area contributed by atoms with E-state index in [0.717, 1.165) is 19.3 Å². The lowest BCUT2D eigenvalue weighted by molar-refractivity contribution is -0.130. The molecule has 2 saturated carbocycles. The minimum absolute atomic E-state index is 0.0441. The van der Waals surface area contributed by atoms with Crippen LogP contribution in [0.5, 0.6) is 0 Å². The van der Waals surface area contributed by atoms with Crippen molar-refractivity contribution < 1.29 is 43.6 Å². The van der Waals surface area contributed by atoms with Crippen molar-refractivity contribution in [1.29, 1.82) is 0 Å². The number of alkyl carbamates (subject to hydrolysis) is 1. The van der Waals surface area contributed by atoms with Crippen LogP contribution in [-0.4, -0.2) is 68.6 Å². The second kappa shape index (κ2) is 17.6. The fourth-order valence-electron chi connectivity index (χ4n) is 6.46. The molecule has 3 amide bonds. The van der Waals surface area contributed by atoms with Gasteiger partial charge in [0.1, 0.15) is 23.9 Å². The molecule has 0 unspecified atom stereocenters. The van der Waals surface area contributed by atoms with Crippen molar-refractivity contribution in [1.82, 2.24) is 10.6 Å². The number of methoxy groups -OCH3 is 1. The van der Waals surface area contributed by atoms with Gasteiger partial charge in [-0.3, -0.25) is 9.59 Å². The minimum Gasteiger partial charge on any atom is -0.460 e. The van der Waals surface area contributed by atoms with Gasteiger partial charge in [-0.05, 0) is 89.0 Å². The third kappa shape index (κ3) is 11.2. The number of alkyl halides is 1. The van der Waals surface area contributed by atoms with Crippen molar-refractivity contribution in [3.63, 3.8) is 0 Å². The van der Waals surface area contributed by atoms with Gasteiger partial charge in [-0.25, -0.2) is 14.0 Å². The number of ether oxygens (including phenoxy) is 3. The van der Waals surface area contributed by atoms with Crippen molar-refractivity contribution in [3.8, 4) is 0 Å². The number of halogens is 1. The second-order valence-corrected chi connectivity index (χ2v) is 13.9. The van der Waals surface area contributed by atoms with Crippen molar-refractivity contribution in [2.45, 2.75) is 109 Å². The molecule has 2 aliphatic carbocycles. The van der Waals surface area contributed by atoms with E-state index >= 15 is 0 Å². The lowest BCUT2D eigenvalue weighted by Gasteiger charge is -2.34. The third-order valence-electron chi connectivity index (χ3n) is 8.98. The quantitative estimate of drug-likeness (QED) is 0.149. The molecule has 4 rings (SSSR count). The van der Waals surface area contributed by atoms with Gasteiger partial charge in [-0.15, -0.1) is 0 Å². The molecular weight excluding hydrogens is 621 g/mol. The van der Waals surface area contributed by atoms with Crippen LogP contribution in [0.25, 0.3) is 11.0 Å². The van der Waals surface area contributed by atoms with Gasteiger partial charge in [-0.2, -0.15) is 0 Å². The first kappa shape index (κ1) is 35.6. The summed E-state index contributed by atoms with van der Waals surface area (Å²) in [7, 11) is 1.57. The smallest absolute Gasteiger partial charge is 0.407 e. The Morgan fingerprint density at radius 1 is 1.00 bits per heavy atom. The van der Waals surface area contributed by atoms with Crippen LogP contribution in [-0.2, 0) is 23.8 Å². The Kier molecular flexibility index (Phi) is 13.1. The molecule has 0 bridgehead atoms. The van der Waals surface area contributed by atoms with Crippen LogP contribution in [0.2, 0.25) is 0 Å². The lowest BCUT2D eigenvalue weighted by atomic mass is 9.78. The number of carbonyl (C=O) groups is 4. The van der Waals surface area contributed by atoms with Gasteiger partial charge in [0.05, 0.1) is 12.6 Å². The van der Waals surface area contributed by atoms with Gasteiger partial charge in [0.15, 0.2) is 0 Å². The highest BCUT2D eigenvalue weighted by atomic mass is 19.1. The maximum Gasteiger partial charge on any atom is 0.407 e. The number of amides is 3.